The summed E-state index contributed by atoms with van der Waals surface area (Å²) in [5.41, 5.74) is 1.14. The van der Waals surface area contributed by atoms with Crippen molar-refractivity contribution in [1.29, 1.82) is 0 Å². The van der Waals surface area contributed by atoms with Crippen LogP contribution in [-0.4, -0.2) is 43.1 Å². The zero-order chi connectivity index (χ0) is 15.3. The summed E-state index contributed by atoms with van der Waals surface area (Å²) in [7, 11) is 1.83. The van der Waals surface area contributed by atoms with Crippen molar-refractivity contribution < 1.29 is 0 Å². The number of halogens is 1. The predicted octanol–water partition coefficient (Wildman–Crippen LogP) is 3.70. The van der Waals surface area contributed by atoms with Gasteiger partial charge >= 0.3 is 0 Å². The lowest BCUT2D eigenvalue weighted by Gasteiger charge is -2.11. The van der Waals surface area contributed by atoms with Gasteiger partial charge in [-0.25, -0.2) is 4.98 Å². The van der Waals surface area contributed by atoms with Crippen LogP contribution in [0.3, 0.4) is 0 Å². The Bertz CT molecular complexity index is 410. The Labute approximate surface area is 160 Å². The van der Waals surface area contributed by atoms with Crippen LogP contribution >= 0.6 is 47.1 Å². The molecule has 0 bridgehead atoms. The third-order valence-corrected chi connectivity index (χ3v) is 4.79. The minimum Gasteiger partial charge on any atom is -0.356 e. The van der Waals surface area contributed by atoms with Gasteiger partial charge in [-0.05, 0) is 51.0 Å². The van der Waals surface area contributed by atoms with Crippen molar-refractivity contribution in [3.05, 3.63) is 16.1 Å². The average Bonchev–Trinajstić information content (AvgIpc) is 2.90. The molecule has 0 fully saturated rings. The molecule has 4 nitrogen and oxygen atoms in total. The molecule has 1 heterocycles. The molecule has 0 aromatic carbocycles. The molecule has 0 atom stereocenters. The van der Waals surface area contributed by atoms with Gasteiger partial charge in [0.1, 0.15) is 0 Å². The molecule has 7 heteroatoms. The van der Waals surface area contributed by atoms with E-state index in [1.54, 1.807) is 11.3 Å². The van der Waals surface area contributed by atoms with Crippen LogP contribution in [0.5, 0.6) is 0 Å². The maximum absolute atomic E-state index is 4.48. The summed E-state index contributed by atoms with van der Waals surface area (Å²) in [6.45, 7) is 4.02. The molecule has 0 spiro atoms. The molecule has 0 radical (unpaired) electrons. The number of hydrogen-bond acceptors (Lipinski definition) is 4. The topological polar surface area (TPSA) is 49.3 Å². The lowest BCUT2D eigenvalue weighted by Crippen LogP contribution is -2.38. The Kier molecular flexibility index (Phi) is 14.6. The van der Waals surface area contributed by atoms with Gasteiger partial charge in [0.2, 0.25) is 0 Å². The van der Waals surface area contributed by atoms with Crippen molar-refractivity contribution in [1.82, 2.24) is 15.6 Å². The number of rotatable bonds is 10. The van der Waals surface area contributed by atoms with Gasteiger partial charge in [-0.2, -0.15) is 11.8 Å². The van der Waals surface area contributed by atoms with E-state index in [2.05, 4.69) is 39.2 Å². The minimum absolute atomic E-state index is 0. The first-order chi connectivity index (χ1) is 10.3. The SMILES string of the molecule is CN=C(NCCCCSC)NCCCCc1nc(C)cs1.I. The number of aryl methyl sites for hydroxylation is 2. The summed E-state index contributed by atoms with van der Waals surface area (Å²) in [5, 5.41) is 10.1. The van der Waals surface area contributed by atoms with Crippen LogP contribution in [0.2, 0.25) is 0 Å². The van der Waals surface area contributed by atoms with E-state index in [0.29, 0.717) is 0 Å². The largest absolute Gasteiger partial charge is 0.356 e. The van der Waals surface area contributed by atoms with E-state index < -0.39 is 0 Å². The summed E-state index contributed by atoms with van der Waals surface area (Å²) < 4.78 is 0. The molecule has 0 unspecified atom stereocenters. The molecule has 0 aliphatic rings. The van der Waals surface area contributed by atoms with Crippen LogP contribution in [0.1, 0.15) is 36.4 Å². The van der Waals surface area contributed by atoms with Gasteiger partial charge in [0.05, 0.1) is 5.01 Å². The smallest absolute Gasteiger partial charge is 0.190 e. The molecule has 0 aliphatic heterocycles. The van der Waals surface area contributed by atoms with Crippen molar-refractivity contribution in [3.8, 4) is 0 Å². The standard InChI is InChI=1S/C15H28N4S2.HI/c1-13-12-21-14(19-13)8-4-5-9-17-15(16-2)18-10-6-7-11-20-3;/h12H,4-11H2,1-3H3,(H2,16,17,18);1H. The van der Waals surface area contributed by atoms with Gasteiger partial charge in [-0.3, -0.25) is 4.99 Å². The fourth-order valence-electron chi connectivity index (χ4n) is 1.92. The Morgan fingerprint density at radius 2 is 1.91 bits per heavy atom. The lowest BCUT2D eigenvalue weighted by atomic mass is 10.2. The number of guanidine groups is 1. The molecule has 1 aromatic rings. The van der Waals surface area contributed by atoms with E-state index in [-0.39, 0.29) is 24.0 Å². The number of aromatic nitrogens is 1. The van der Waals surface area contributed by atoms with E-state index in [4.69, 9.17) is 0 Å². The predicted molar refractivity (Wildman–Crippen MR) is 112 cm³/mol. The van der Waals surface area contributed by atoms with Gasteiger partial charge in [0.25, 0.3) is 0 Å². The maximum atomic E-state index is 4.48. The van der Waals surface area contributed by atoms with Crippen LogP contribution in [-0.2, 0) is 6.42 Å². The number of aliphatic imine (C=N–C) groups is 1. The normalized spacial score (nSPS) is 11.1. The van der Waals surface area contributed by atoms with Gasteiger partial charge in [-0.15, -0.1) is 35.3 Å². The molecule has 1 rings (SSSR count). The highest BCUT2D eigenvalue weighted by molar-refractivity contribution is 14.0. The van der Waals surface area contributed by atoms with Crippen LogP contribution in [0.4, 0.5) is 0 Å². The van der Waals surface area contributed by atoms with Gasteiger partial charge in [0.15, 0.2) is 5.96 Å². The first-order valence-corrected chi connectivity index (χ1v) is 9.88. The van der Waals surface area contributed by atoms with Crippen LogP contribution < -0.4 is 10.6 Å². The number of hydrogen-bond donors (Lipinski definition) is 2. The molecular formula is C15H29IN4S2. The summed E-state index contributed by atoms with van der Waals surface area (Å²) in [6.07, 6.45) is 8.02. The van der Waals surface area contributed by atoms with Crippen molar-refractivity contribution in [3.63, 3.8) is 0 Å². The van der Waals surface area contributed by atoms with Gasteiger partial charge < -0.3 is 10.6 Å². The number of nitrogens with zero attached hydrogens (tertiary/aromatic N) is 2. The number of unbranched alkanes of at least 4 members (excludes halogenated alkanes) is 2. The lowest BCUT2D eigenvalue weighted by molar-refractivity contribution is 0.683. The zero-order valence-electron chi connectivity index (χ0n) is 13.9. The van der Waals surface area contributed by atoms with E-state index in [1.807, 2.05) is 18.8 Å². The summed E-state index contributed by atoms with van der Waals surface area (Å²) in [6, 6.07) is 0. The van der Waals surface area contributed by atoms with E-state index in [0.717, 1.165) is 37.6 Å². The molecule has 2 N–H and O–H groups in total. The van der Waals surface area contributed by atoms with E-state index in [1.165, 1.54) is 30.0 Å². The maximum Gasteiger partial charge on any atom is 0.190 e. The van der Waals surface area contributed by atoms with Crippen LogP contribution in [0, 0.1) is 6.92 Å². The fourth-order valence-corrected chi connectivity index (χ4v) is 3.24. The first kappa shape index (κ1) is 22.0. The minimum atomic E-state index is 0. The zero-order valence-corrected chi connectivity index (χ0v) is 17.8. The van der Waals surface area contributed by atoms with Gasteiger partial charge in [-0.1, -0.05) is 0 Å². The summed E-state index contributed by atoms with van der Waals surface area (Å²) in [4.78, 5) is 8.73. The monoisotopic (exact) mass is 456 g/mol. The highest BCUT2D eigenvalue weighted by Crippen LogP contribution is 2.11. The second-order valence-corrected chi connectivity index (χ2v) is 6.89. The highest BCUT2D eigenvalue weighted by atomic mass is 127. The molecule has 0 saturated heterocycles. The van der Waals surface area contributed by atoms with Crippen molar-refractivity contribution in [2.24, 2.45) is 4.99 Å². The van der Waals surface area contributed by atoms with Crippen molar-refractivity contribution in [2.75, 3.05) is 32.1 Å². The fraction of sp³-hybridized carbons (Fsp3) is 0.733. The van der Waals surface area contributed by atoms with Gasteiger partial charge in [0, 0.05) is 31.2 Å². The number of thioether (sulfide) groups is 1. The molecule has 128 valence electrons. The Hall–Kier alpha value is -0.0200. The van der Waals surface area contributed by atoms with Crippen molar-refractivity contribution >= 4 is 53.0 Å². The van der Waals surface area contributed by atoms with E-state index in [9.17, 15) is 0 Å². The second kappa shape index (κ2) is 14.6. The van der Waals surface area contributed by atoms with Crippen LogP contribution in [0.15, 0.2) is 10.4 Å². The Morgan fingerprint density at radius 1 is 1.23 bits per heavy atom. The number of thiazole rings is 1. The molecule has 1 aromatic heterocycles. The summed E-state index contributed by atoms with van der Waals surface area (Å²) in [5.74, 6) is 2.16. The molecule has 0 aliphatic carbocycles. The third-order valence-electron chi connectivity index (χ3n) is 3.07. The van der Waals surface area contributed by atoms with Crippen molar-refractivity contribution in [2.45, 2.75) is 39.0 Å². The number of nitrogens with one attached hydrogen (secondary N) is 2. The average molecular weight is 456 g/mol. The Balaban J connectivity index is 0.00000441. The first-order valence-electron chi connectivity index (χ1n) is 7.60. The highest BCUT2D eigenvalue weighted by Gasteiger charge is 2.00. The summed E-state index contributed by atoms with van der Waals surface area (Å²) >= 11 is 3.67. The molecule has 22 heavy (non-hydrogen) atoms. The molecular weight excluding hydrogens is 427 g/mol. The van der Waals surface area contributed by atoms with E-state index >= 15 is 0 Å². The molecule has 0 saturated carbocycles. The second-order valence-electron chi connectivity index (χ2n) is 4.97. The van der Waals surface area contributed by atoms with Crippen LogP contribution in [0.25, 0.3) is 0 Å². The molecule has 0 amide bonds. The quantitative estimate of drug-likeness (QED) is 0.244. The third kappa shape index (κ3) is 10.7. The Morgan fingerprint density at radius 3 is 2.45 bits per heavy atom.